The molecule has 3 rings (SSSR count). The Morgan fingerprint density at radius 1 is 1.38 bits per heavy atom. The van der Waals surface area contributed by atoms with E-state index in [1.54, 1.807) is 19.2 Å². The number of anilines is 1. The third kappa shape index (κ3) is 5.93. The van der Waals surface area contributed by atoms with Gasteiger partial charge in [-0.25, -0.2) is 4.98 Å². The molecule has 0 spiro atoms. The molecule has 1 aromatic carbocycles. The second-order valence-corrected chi connectivity index (χ2v) is 9.11. The zero-order valence-electron chi connectivity index (χ0n) is 17.2. The Hall–Kier alpha value is -1.64. The predicted octanol–water partition coefficient (Wildman–Crippen LogP) is 5.19. The lowest BCUT2D eigenvalue weighted by molar-refractivity contribution is 0.102. The van der Waals surface area contributed by atoms with Gasteiger partial charge in [0, 0.05) is 17.5 Å². The molecule has 8 heteroatoms. The Kier molecular flexibility index (Phi) is 7.91. The summed E-state index contributed by atoms with van der Waals surface area (Å²) in [5, 5.41) is 5.52. The number of methoxy groups -OCH3 is 1. The van der Waals surface area contributed by atoms with Crippen molar-refractivity contribution >= 4 is 38.3 Å². The van der Waals surface area contributed by atoms with Crippen LogP contribution < -0.4 is 14.8 Å². The molecule has 0 aliphatic carbocycles. The van der Waals surface area contributed by atoms with E-state index < -0.39 is 0 Å². The number of nitrogens with zero attached hydrogens (tertiary/aromatic N) is 2. The van der Waals surface area contributed by atoms with Gasteiger partial charge < -0.3 is 9.47 Å². The summed E-state index contributed by atoms with van der Waals surface area (Å²) in [7, 11) is 1.57. The summed E-state index contributed by atoms with van der Waals surface area (Å²) < 4.78 is 11.8. The van der Waals surface area contributed by atoms with E-state index in [0.29, 0.717) is 33.3 Å². The number of carbonyl (C=O) groups excluding carboxylic acids is 1. The molecule has 1 aromatic heterocycles. The average Bonchev–Trinajstić information content (AvgIpc) is 3.15. The van der Waals surface area contributed by atoms with Gasteiger partial charge in [0.25, 0.3) is 5.91 Å². The quantitative estimate of drug-likeness (QED) is 0.561. The fourth-order valence-corrected chi connectivity index (χ4v) is 4.50. The lowest BCUT2D eigenvalue weighted by Crippen LogP contribution is -2.32. The highest BCUT2D eigenvalue weighted by molar-refractivity contribution is 9.10. The van der Waals surface area contributed by atoms with Crippen molar-refractivity contribution in [1.82, 2.24) is 9.88 Å². The second kappa shape index (κ2) is 10.4. The molecule has 2 aromatic rings. The van der Waals surface area contributed by atoms with Crippen LogP contribution in [0, 0.1) is 5.92 Å². The predicted molar refractivity (Wildman–Crippen MR) is 120 cm³/mol. The highest BCUT2D eigenvalue weighted by Crippen LogP contribution is 2.37. The van der Waals surface area contributed by atoms with Crippen molar-refractivity contribution in [2.45, 2.75) is 39.7 Å². The van der Waals surface area contributed by atoms with Crippen LogP contribution in [-0.2, 0) is 6.54 Å². The molecule has 29 heavy (non-hydrogen) atoms. The molecule has 1 amide bonds. The highest BCUT2D eigenvalue weighted by atomic mass is 79.9. The van der Waals surface area contributed by atoms with Gasteiger partial charge in [-0.1, -0.05) is 13.8 Å². The topological polar surface area (TPSA) is 63.7 Å². The van der Waals surface area contributed by atoms with Gasteiger partial charge in [-0.2, -0.15) is 0 Å². The number of rotatable bonds is 8. The number of likely N-dealkylation sites (tertiary alicyclic amines) is 1. The van der Waals surface area contributed by atoms with Crippen LogP contribution in [0.25, 0.3) is 0 Å². The largest absolute Gasteiger partial charge is 0.493 e. The Morgan fingerprint density at radius 2 is 2.14 bits per heavy atom. The van der Waals surface area contributed by atoms with Gasteiger partial charge in [-0.05, 0) is 66.3 Å². The van der Waals surface area contributed by atoms with Crippen molar-refractivity contribution in [3.05, 3.63) is 33.2 Å². The van der Waals surface area contributed by atoms with Crippen molar-refractivity contribution in [2.75, 3.05) is 32.1 Å². The van der Waals surface area contributed by atoms with E-state index in [-0.39, 0.29) is 5.91 Å². The molecule has 0 bridgehead atoms. The van der Waals surface area contributed by atoms with Crippen molar-refractivity contribution in [3.63, 3.8) is 0 Å². The number of benzene rings is 1. The maximum atomic E-state index is 12.7. The molecule has 0 saturated carbocycles. The van der Waals surface area contributed by atoms with Gasteiger partial charge in [-0.15, -0.1) is 11.3 Å². The summed E-state index contributed by atoms with van der Waals surface area (Å²) >= 11 is 4.94. The highest BCUT2D eigenvalue weighted by Gasteiger charge is 2.19. The number of hydrogen-bond acceptors (Lipinski definition) is 6. The third-order valence-electron chi connectivity index (χ3n) is 4.98. The first-order valence-corrected chi connectivity index (χ1v) is 11.7. The van der Waals surface area contributed by atoms with Crippen LogP contribution in [0.15, 0.2) is 22.0 Å². The fraction of sp³-hybridized carbons (Fsp3) is 0.524. The first-order chi connectivity index (χ1) is 14.0. The van der Waals surface area contributed by atoms with Gasteiger partial charge in [-0.3, -0.25) is 15.0 Å². The molecule has 0 radical (unpaired) electrons. The average molecular weight is 482 g/mol. The summed E-state index contributed by atoms with van der Waals surface area (Å²) in [6.45, 7) is 7.99. The summed E-state index contributed by atoms with van der Waals surface area (Å²) in [5.74, 6) is 1.72. The van der Waals surface area contributed by atoms with Crippen molar-refractivity contribution in [2.24, 2.45) is 5.92 Å². The second-order valence-electron chi connectivity index (χ2n) is 7.39. The normalized spacial score (nSPS) is 15.3. The number of ether oxygens (including phenoxy) is 2. The van der Waals surface area contributed by atoms with Crippen LogP contribution in [0.2, 0.25) is 0 Å². The summed E-state index contributed by atoms with van der Waals surface area (Å²) in [5.41, 5.74) is 1.49. The Labute approximate surface area is 184 Å². The van der Waals surface area contributed by atoms with Crippen molar-refractivity contribution in [1.29, 1.82) is 0 Å². The molecular formula is C21H28BrN3O3S. The first kappa shape index (κ1) is 22.1. The van der Waals surface area contributed by atoms with Crippen LogP contribution in [0.1, 0.15) is 49.2 Å². The minimum atomic E-state index is -0.223. The molecule has 1 fully saturated rings. The van der Waals surface area contributed by atoms with E-state index in [2.05, 4.69) is 38.1 Å². The molecule has 0 unspecified atom stereocenters. The zero-order valence-corrected chi connectivity index (χ0v) is 19.6. The van der Waals surface area contributed by atoms with Gasteiger partial charge >= 0.3 is 0 Å². The Bertz CT molecular complexity index is 835. The minimum Gasteiger partial charge on any atom is -0.493 e. The van der Waals surface area contributed by atoms with E-state index in [9.17, 15) is 4.79 Å². The molecule has 158 valence electrons. The number of piperidine rings is 1. The van der Waals surface area contributed by atoms with E-state index in [4.69, 9.17) is 9.47 Å². The first-order valence-electron chi connectivity index (χ1n) is 9.98. The number of aromatic nitrogens is 1. The van der Waals surface area contributed by atoms with Crippen LogP contribution in [0.5, 0.6) is 11.5 Å². The minimum absolute atomic E-state index is 0.223. The van der Waals surface area contributed by atoms with Gasteiger partial charge in [0.2, 0.25) is 0 Å². The van der Waals surface area contributed by atoms with Crippen molar-refractivity contribution < 1.29 is 14.3 Å². The van der Waals surface area contributed by atoms with Gasteiger partial charge in [0.15, 0.2) is 16.6 Å². The molecule has 1 aliphatic rings. The standard InChI is InChI=1S/C21H28BrN3O3S/c1-4-9-28-19-17(22)10-15(11-18(19)27-3)20(26)24-21-23-16(13-29-21)12-25-7-5-14(2)6-8-25/h10-11,13-14H,4-9,12H2,1-3H3,(H,23,24,26). The fourth-order valence-electron chi connectivity index (χ4n) is 3.25. The van der Waals surface area contributed by atoms with Gasteiger partial charge in [0.1, 0.15) is 0 Å². The van der Waals surface area contributed by atoms with E-state index >= 15 is 0 Å². The number of hydrogen-bond donors (Lipinski definition) is 1. The molecule has 0 atom stereocenters. The third-order valence-corrected chi connectivity index (χ3v) is 6.37. The lowest BCUT2D eigenvalue weighted by atomic mass is 9.99. The molecule has 1 N–H and O–H groups in total. The molecule has 2 heterocycles. The van der Waals surface area contributed by atoms with Crippen LogP contribution >= 0.6 is 27.3 Å². The van der Waals surface area contributed by atoms with Crippen LogP contribution in [0.3, 0.4) is 0 Å². The molecule has 1 aliphatic heterocycles. The SMILES string of the molecule is CCCOc1c(Br)cc(C(=O)Nc2nc(CN3CCC(C)CC3)cs2)cc1OC. The molecular weight excluding hydrogens is 454 g/mol. The number of amides is 1. The molecule has 6 nitrogen and oxygen atoms in total. The summed E-state index contributed by atoms with van der Waals surface area (Å²) in [6, 6.07) is 3.43. The Morgan fingerprint density at radius 3 is 2.83 bits per heavy atom. The number of thiazole rings is 1. The maximum absolute atomic E-state index is 12.7. The lowest BCUT2D eigenvalue weighted by Gasteiger charge is -2.29. The van der Waals surface area contributed by atoms with E-state index in [1.165, 1.54) is 24.2 Å². The number of carbonyl (C=O) groups is 1. The summed E-state index contributed by atoms with van der Waals surface area (Å²) in [4.78, 5) is 19.7. The monoisotopic (exact) mass is 481 g/mol. The zero-order chi connectivity index (χ0) is 20.8. The number of nitrogens with one attached hydrogen (secondary N) is 1. The van der Waals surface area contributed by atoms with Crippen molar-refractivity contribution in [3.8, 4) is 11.5 Å². The smallest absolute Gasteiger partial charge is 0.257 e. The Balaban J connectivity index is 1.64. The molecule has 1 saturated heterocycles. The van der Waals surface area contributed by atoms with Crippen LogP contribution in [0.4, 0.5) is 5.13 Å². The number of halogens is 1. The van der Waals surface area contributed by atoms with E-state index in [1.807, 2.05) is 12.3 Å². The van der Waals surface area contributed by atoms with Crippen LogP contribution in [-0.4, -0.2) is 42.6 Å². The van der Waals surface area contributed by atoms with E-state index in [0.717, 1.165) is 37.7 Å². The maximum Gasteiger partial charge on any atom is 0.257 e. The summed E-state index contributed by atoms with van der Waals surface area (Å²) in [6.07, 6.45) is 3.37. The van der Waals surface area contributed by atoms with Gasteiger partial charge in [0.05, 0.1) is 23.9 Å².